The van der Waals surface area contributed by atoms with Crippen LogP contribution in [0.25, 0.3) is 10.2 Å². The van der Waals surface area contributed by atoms with Crippen molar-refractivity contribution in [2.75, 3.05) is 11.1 Å². The lowest BCUT2D eigenvalue weighted by atomic mass is 10.2. The van der Waals surface area contributed by atoms with Crippen LogP contribution in [0, 0.1) is 13.8 Å². The molecule has 0 bridgehead atoms. The van der Waals surface area contributed by atoms with E-state index in [9.17, 15) is 0 Å². The lowest BCUT2D eigenvalue weighted by Crippen LogP contribution is -2.07. The number of hydrogen-bond donors (Lipinski definition) is 3. The zero-order valence-electron chi connectivity index (χ0n) is 13.5. The van der Waals surface area contributed by atoms with E-state index in [0.717, 1.165) is 39.3 Å². The first-order chi connectivity index (χ1) is 11.6. The molecule has 1 unspecified atom stereocenters. The Morgan fingerprint density at radius 1 is 1.42 bits per heavy atom. The fourth-order valence-corrected chi connectivity index (χ4v) is 3.98. The van der Waals surface area contributed by atoms with Crippen LogP contribution in [0.4, 0.5) is 11.5 Å². The molecule has 4 heterocycles. The van der Waals surface area contributed by atoms with Gasteiger partial charge < -0.3 is 21.0 Å². The maximum atomic E-state index is 5.98. The number of anilines is 2. The second-order valence-corrected chi connectivity index (χ2v) is 6.93. The van der Waals surface area contributed by atoms with E-state index in [2.05, 4.69) is 32.1 Å². The number of nitrogens with zero attached hydrogens (tertiary/aromatic N) is 3. The van der Waals surface area contributed by atoms with Gasteiger partial charge in [-0.1, -0.05) is 5.16 Å². The number of fused-ring (bicyclic) bond motifs is 1. The fraction of sp³-hybridized carbons (Fsp3) is 0.312. The van der Waals surface area contributed by atoms with Gasteiger partial charge in [-0.3, -0.25) is 0 Å². The number of nitrogens with one attached hydrogen (secondary N) is 2. The molecule has 0 spiro atoms. The first kappa shape index (κ1) is 14.9. The van der Waals surface area contributed by atoms with E-state index in [0.29, 0.717) is 12.4 Å². The van der Waals surface area contributed by atoms with Gasteiger partial charge in [-0.2, -0.15) is 5.10 Å². The molecular weight excluding hydrogens is 324 g/mol. The Morgan fingerprint density at radius 2 is 2.29 bits per heavy atom. The van der Waals surface area contributed by atoms with Crippen molar-refractivity contribution < 1.29 is 4.52 Å². The minimum atomic E-state index is 0.223. The molecule has 124 valence electrons. The maximum Gasteiger partial charge on any atom is 0.138 e. The van der Waals surface area contributed by atoms with E-state index in [1.165, 1.54) is 4.88 Å². The molecule has 8 heteroatoms. The monoisotopic (exact) mass is 342 g/mol. The molecule has 0 fully saturated rings. The van der Waals surface area contributed by atoms with Gasteiger partial charge in [0.15, 0.2) is 0 Å². The highest BCUT2D eigenvalue weighted by Crippen LogP contribution is 2.36. The van der Waals surface area contributed by atoms with Crippen molar-refractivity contribution >= 4 is 39.3 Å². The van der Waals surface area contributed by atoms with Crippen LogP contribution < -0.4 is 16.5 Å². The highest BCUT2D eigenvalue weighted by atomic mass is 32.1. The summed E-state index contributed by atoms with van der Waals surface area (Å²) in [5.41, 5.74) is 13.0. The lowest BCUT2D eigenvalue weighted by molar-refractivity contribution is 0.392. The van der Waals surface area contributed by atoms with Crippen molar-refractivity contribution in [1.29, 1.82) is 0 Å². The Kier molecular flexibility index (Phi) is 3.61. The number of hydrogen-bond acceptors (Lipinski definition) is 8. The van der Waals surface area contributed by atoms with E-state index < -0.39 is 0 Å². The molecule has 1 atom stereocenters. The number of thiophene rings is 1. The number of nitrogen functional groups attached to an aromatic ring is 1. The summed E-state index contributed by atoms with van der Waals surface area (Å²) < 4.78 is 6.32. The summed E-state index contributed by atoms with van der Waals surface area (Å²) in [6.45, 7) is 4.50. The molecule has 0 saturated heterocycles. The molecule has 0 aliphatic carbocycles. The highest BCUT2D eigenvalue weighted by molar-refractivity contribution is 7.19. The highest BCUT2D eigenvalue weighted by Gasteiger charge is 2.18. The Bertz CT molecular complexity index is 901. The summed E-state index contributed by atoms with van der Waals surface area (Å²) in [5.74, 6) is 1.33. The molecule has 24 heavy (non-hydrogen) atoms. The Hall–Kier alpha value is -2.61. The predicted molar refractivity (Wildman–Crippen MR) is 96.3 cm³/mol. The van der Waals surface area contributed by atoms with Crippen LogP contribution in [-0.4, -0.2) is 16.4 Å². The SMILES string of the molecule is Cc1noc(C)c1CNc1cc(N)nc2cc(C3CC=NN3)sc12. The molecule has 7 nitrogen and oxygen atoms in total. The average molecular weight is 342 g/mol. The molecular formula is C16H18N6OS. The molecule has 4 N–H and O–H groups in total. The molecule has 0 amide bonds. The summed E-state index contributed by atoms with van der Waals surface area (Å²) in [4.78, 5) is 5.67. The van der Waals surface area contributed by atoms with Gasteiger partial charge >= 0.3 is 0 Å². The molecule has 3 aromatic heterocycles. The van der Waals surface area contributed by atoms with Crippen molar-refractivity contribution in [3.8, 4) is 0 Å². The van der Waals surface area contributed by atoms with Gasteiger partial charge in [0.1, 0.15) is 11.6 Å². The minimum Gasteiger partial charge on any atom is -0.384 e. The number of aryl methyl sites for hydroxylation is 2. The van der Waals surface area contributed by atoms with Gasteiger partial charge in [0.2, 0.25) is 0 Å². The average Bonchev–Trinajstić information content (AvgIpc) is 3.26. The third-order valence-corrected chi connectivity index (χ3v) is 5.43. The zero-order chi connectivity index (χ0) is 16.7. The number of rotatable bonds is 4. The third kappa shape index (κ3) is 2.58. The first-order valence-electron chi connectivity index (χ1n) is 7.74. The lowest BCUT2D eigenvalue weighted by Gasteiger charge is -2.08. The van der Waals surface area contributed by atoms with Crippen molar-refractivity contribution in [2.24, 2.45) is 5.10 Å². The Labute approximate surface area is 142 Å². The second-order valence-electron chi connectivity index (χ2n) is 5.84. The predicted octanol–water partition coefficient (Wildman–Crippen LogP) is 3.12. The Balaban J connectivity index is 1.66. The largest absolute Gasteiger partial charge is 0.384 e. The Morgan fingerprint density at radius 3 is 3.00 bits per heavy atom. The first-order valence-corrected chi connectivity index (χ1v) is 8.56. The van der Waals surface area contributed by atoms with Crippen molar-refractivity contribution in [3.63, 3.8) is 0 Å². The van der Waals surface area contributed by atoms with Crippen LogP contribution in [0.3, 0.4) is 0 Å². The minimum absolute atomic E-state index is 0.223. The molecule has 4 rings (SSSR count). The standard InChI is InChI=1S/C16H18N6OS/c1-8-10(9(2)23-22-8)7-18-12-6-15(17)20-13-5-14(24-16(12)13)11-3-4-19-21-11/h4-6,11,21H,3,7H2,1-2H3,(H3,17,18,20). The summed E-state index contributed by atoms with van der Waals surface area (Å²) >= 11 is 1.71. The quantitative estimate of drug-likeness (QED) is 0.673. The number of nitrogens with two attached hydrogens (primary N) is 1. The van der Waals surface area contributed by atoms with E-state index in [-0.39, 0.29) is 6.04 Å². The van der Waals surface area contributed by atoms with Crippen LogP contribution in [-0.2, 0) is 6.54 Å². The van der Waals surface area contributed by atoms with Gasteiger partial charge in [0.25, 0.3) is 0 Å². The zero-order valence-corrected chi connectivity index (χ0v) is 14.3. The van der Waals surface area contributed by atoms with Gasteiger partial charge in [-0.05, 0) is 19.9 Å². The maximum absolute atomic E-state index is 5.98. The van der Waals surface area contributed by atoms with E-state index in [4.69, 9.17) is 10.3 Å². The number of aromatic nitrogens is 2. The second kappa shape index (κ2) is 5.79. The molecule has 0 aromatic carbocycles. The number of hydrazone groups is 1. The summed E-state index contributed by atoms with van der Waals surface area (Å²) in [6, 6.07) is 4.18. The van der Waals surface area contributed by atoms with Crippen LogP contribution in [0.15, 0.2) is 21.8 Å². The van der Waals surface area contributed by atoms with E-state index >= 15 is 0 Å². The normalized spacial score (nSPS) is 16.7. The smallest absolute Gasteiger partial charge is 0.138 e. The van der Waals surface area contributed by atoms with Gasteiger partial charge in [-0.25, -0.2) is 4.98 Å². The fourth-order valence-electron chi connectivity index (χ4n) is 2.83. The summed E-state index contributed by atoms with van der Waals surface area (Å²) in [5, 5.41) is 11.5. The molecule has 0 saturated carbocycles. The van der Waals surface area contributed by atoms with Crippen LogP contribution in [0.1, 0.15) is 34.4 Å². The molecule has 1 aliphatic rings. The van der Waals surface area contributed by atoms with Crippen molar-refractivity contribution in [3.05, 3.63) is 34.0 Å². The third-order valence-electron chi connectivity index (χ3n) is 4.16. The molecule has 3 aromatic rings. The van der Waals surface area contributed by atoms with Gasteiger partial charge in [-0.15, -0.1) is 11.3 Å². The van der Waals surface area contributed by atoms with E-state index in [1.54, 1.807) is 11.3 Å². The van der Waals surface area contributed by atoms with E-state index in [1.807, 2.05) is 26.1 Å². The topological polar surface area (TPSA) is 101 Å². The van der Waals surface area contributed by atoms with Crippen LogP contribution in [0.2, 0.25) is 0 Å². The summed E-state index contributed by atoms with van der Waals surface area (Å²) in [6.07, 6.45) is 2.79. The van der Waals surface area contributed by atoms with Crippen LogP contribution in [0.5, 0.6) is 0 Å². The van der Waals surface area contributed by atoms with Gasteiger partial charge in [0.05, 0.1) is 27.6 Å². The molecule has 0 radical (unpaired) electrons. The summed E-state index contributed by atoms with van der Waals surface area (Å²) in [7, 11) is 0. The van der Waals surface area contributed by atoms with Crippen molar-refractivity contribution in [1.82, 2.24) is 15.6 Å². The number of pyridine rings is 1. The van der Waals surface area contributed by atoms with Crippen LogP contribution >= 0.6 is 11.3 Å². The molecule has 1 aliphatic heterocycles. The van der Waals surface area contributed by atoms with Crippen molar-refractivity contribution in [2.45, 2.75) is 32.9 Å². The van der Waals surface area contributed by atoms with Gasteiger partial charge in [0, 0.05) is 35.7 Å².